The molecule has 1 aliphatic carbocycles. The summed E-state index contributed by atoms with van der Waals surface area (Å²) >= 11 is 0. The summed E-state index contributed by atoms with van der Waals surface area (Å²) in [5, 5.41) is 15.1. The van der Waals surface area contributed by atoms with Gasteiger partial charge in [0.1, 0.15) is 11.5 Å². The van der Waals surface area contributed by atoms with Crippen molar-refractivity contribution in [2.75, 3.05) is 25.5 Å². The Labute approximate surface area is 168 Å². The number of nitrogens with zero attached hydrogens (tertiary/aromatic N) is 6. The smallest absolute Gasteiger partial charge is 0.272 e. The van der Waals surface area contributed by atoms with E-state index in [1.165, 1.54) is 4.52 Å². The lowest BCUT2D eigenvalue weighted by atomic mass is 9.77. The lowest BCUT2D eigenvalue weighted by molar-refractivity contribution is 0.0304. The Kier molecular flexibility index (Phi) is 4.59. The summed E-state index contributed by atoms with van der Waals surface area (Å²) in [7, 11) is 1.76. The first-order valence-corrected chi connectivity index (χ1v) is 9.89. The predicted octanol–water partition coefficient (Wildman–Crippen LogP) is 1.50. The highest BCUT2D eigenvalue weighted by molar-refractivity contribution is 5.93. The molecule has 1 aliphatic heterocycles. The number of likely N-dealkylation sites (tertiary alicyclic amines) is 1. The molecule has 0 aromatic carbocycles. The summed E-state index contributed by atoms with van der Waals surface area (Å²) < 4.78 is 7.30. The van der Waals surface area contributed by atoms with Gasteiger partial charge in [0.05, 0.1) is 12.1 Å². The number of carbonyl (C=O) groups excluding carboxylic acids is 1. The average molecular weight is 393 g/mol. The van der Waals surface area contributed by atoms with Crippen molar-refractivity contribution in [1.29, 1.82) is 0 Å². The molecule has 150 valence electrons. The number of amides is 1. The minimum atomic E-state index is -0.0273. The third-order valence-electron chi connectivity index (χ3n) is 6.15. The molecule has 2 fully saturated rings. The van der Waals surface area contributed by atoms with Gasteiger partial charge in [-0.05, 0) is 59.4 Å². The molecule has 29 heavy (non-hydrogen) atoms. The van der Waals surface area contributed by atoms with Crippen LogP contribution in [0.1, 0.15) is 23.3 Å². The highest BCUT2D eigenvalue weighted by Gasteiger charge is 2.44. The molecular weight excluding hydrogens is 370 g/mol. The Bertz CT molecular complexity index is 1010. The van der Waals surface area contributed by atoms with Crippen molar-refractivity contribution in [3.63, 3.8) is 0 Å². The van der Waals surface area contributed by atoms with Crippen LogP contribution in [0.3, 0.4) is 0 Å². The van der Waals surface area contributed by atoms with Crippen LogP contribution in [0.5, 0.6) is 0 Å². The van der Waals surface area contributed by atoms with Crippen LogP contribution in [0, 0.1) is 11.8 Å². The Balaban J connectivity index is 1.32. The summed E-state index contributed by atoms with van der Waals surface area (Å²) in [6.45, 7) is 1.47. The van der Waals surface area contributed by atoms with Crippen LogP contribution < -0.4 is 5.32 Å². The third-order valence-corrected chi connectivity index (χ3v) is 6.15. The molecule has 0 unspecified atom stereocenters. The zero-order valence-electron chi connectivity index (χ0n) is 16.2. The molecule has 9 nitrogen and oxygen atoms in total. The number of anilines is 1. The van der Waals surface area contributed by atoms with Crippen molar-refractivity contribution < 1.29 is 9.53 Å². The van der Waals surface area contributed by atoms with Crippen LogP contribution in [0.15, 0.2) is 42.6 Å². The van der Waals surface area contributed by atoms with Gasteiger partial charge in [-0.3, -0.25) is 4.79 Å². The van der Waals surface area contributed by atoms with Gasteiger partial charge < -0.3 is 15.0 Å². The second kappa shape index (κ2) is 7.40. The van der Waals surface area contributed by atoms with Crippen molar-refractivity contribution in [2.24, 2.45) is 11.8 Å². The molecule has 1 saturated heterocycles. The van der Waals surface area contributed by atoms with Crippen LogP contribution >= 0.6 is 0 Å². The fraction of sp³-hybridized carbons (Fsp3) is 0.450. The van der Waals surface area contributed by atoms with Gasteiger partial charge in [0, 0.05) is 26.4 Å². The normalized spacial score (nSPS) is 26.4. The van der Waals surface area contributed by atoms with Gasteiger partial charge in [-0.25, -0.2) is 4.98 Å². The summed E-state index contributed by atoms with van der Waals surface area (Å²) in [5.41, 5.74) is 1.07. The van der Waals surface area contributed by atoms with Crippen molar-refractivity contribution in [3.8, 4) is 0 Å². The minimum Gasteiger partial charge on any atom is -0.379 e. The number of rotatable bonds is 4. The second-order valence-electron chi connectivity index (χ2n) is 7.80. The molecule has 4 heterocycles. The van der Waals surface area contributed by atoms with E-state index in [1.54, 1.807) is 25.4 Å². The number of tetrazole rings is 1. The van der Waals surface area contributed by atoms with Crippen LogP contribution in [0.25, 0.3) is 5.65 Å². The van der Waals surface area contributed by atoms with E-state index >= 15 is 0 Å². The van der Waals surface area contributed by atoms with Crippen LogP contribution in [-0.4, -0.2) is 68.2 Å². The Morgan fingerprint density at radius 1 is 1.14 bits per heavy atom. The first-order chi connectivity index (χ1) is 14.2. The van der Waals surface area contributed by atoms with Crippen molar-refractivity contribution >= 4 is 17.4 Å². The molecule has 5 rings (SSSR count). The predicted molar refractivity (Wildman–Crippen MR) is 105 cm³/mol. The first kappa shape index (κ1) is 18.0. The highest BCUT2D eigenvalue weighted by Crippen LogP contribution is 2.38. The molecular formula is C20H23N7O2. The van der Waals surface area contributed by atoms with Crippen molar-refractivity contribution in [2.45, 2.75) is 25.0 Å². The van der Waals surface area contributed by atoms with Crippen LogP contribution in [-0.2, 0) is 4.74 Å². The van der Waals surface area contributed by atoms with E-state index in [9.17, 15) is 4.79 Å². The standard InChI is InChI=1S/C20H23N7O2/c1-29-17-10-14-12-26(20(28)16-5-4-7-19-23-24-25-27(16)19)11-13(14)9-15(17)22-18-6-2-3-8-21-18/h2-8,13-15,17H,9-12H2,1H3,(H,21,22)/t13-,14+,15-,17-/m1/s1. The van der Waals surface area contributed by atoms with Crippen LogP contribution in [0.2, 0.25) is 0 Å². The summed E-state index contributed by atoms with van der Waals surface area (Å²) in [4.78, 5) is 19.5. The molecule has 1 saturated carbocycles. The third kappa shape index (κ3) is 3.31. The number of carbonyl (C=O) groups is 1. The number of hydrogen-bond acceptors (Lipinski definition) is 7. The second-order valence-corrected chi connectivity index (χ2v) is 7.80. The monoisotopic (exact) mass is 393 g/mol. The van der Waals surface area contributed by atoms with E-state index in [0.717, 1.165) is 31.7 Å². The van der Waals surface area contributed by atoms with Gasteiger partial charge in [-0.15, -0.1) is 5.10 Å². The van der Waals surface area contributed by atoms with Gasteiger partial charge >= 0.3 is 0 Å². The summed E-state index contributed by atoms with van der Waals surface area (Å²) in [6, 6.07) is 11.4. The number of pyridine rings is 2. The van der Waals surface area contributed by atoms with Crippen molar-refractivity contribution in [3.05, 3.63) is 48.3 Å². The molecule has 2 aliphatic rings. The molecule has 0 radical (unpaired) electrons. The van der Waals surface area contributed by atoms with E-state index in [1.807, 2.05) is 29.2 Å². The molecule has 4 atom stereocenters. The molecule has 9 heteroatoms. The number of fused-ring (bicyclic) bond motifs is 2. The summed E-state index contributed by atoms with van der Waals surface area (Å²) in [6.07, 6.45) is 3.74. The SMILES string of the molecule is CO[C@@H]1C[C@H]2CN(C(=O)c3cccc4nnnn34)C[C@H]2C[C@H]1Nc1ccccn1. The van der Waals surface area contributed by atoms with E-state index in [-0.39, 0.29) is 18.1 Å². The Morgan fingerprint density at radius 2 is 2.00 bits per heavy atom. The fourth-order valence-electron chi connectivity index (χ4n) is 4.72. The molecule has 1 N–H and O–H groups in total. The quantitative estimate of drug-likeness (QED) is 0.717. The Hall–Kier alpha value is -3.07. The first-order valence-electron chi connectivity index (χ1n) is 9.89. The largest absolute Gasteiger partial charge is 0.379 e. The minimum absolute atomic E-state index is 0.0273. The zero-order valence-corrected chi connectivity index (χ0v) is 16.2. The fourth-order valence-corrected chi connectivity index (χ4v) is 4.72. The zero-order chi connectivity index (χ0) is 19.8. The molecule has 0 bridgehead atoms. The van der Waals surface area contributed by atoms with Gasteiger partial charge in [0.25, 0.3) is 5.91 Å². The maximum atomic E-state index is 13.2. The summed E-state index contributed by atoms with van der Waals surface area (Å²) in [5.74, 6) is 1.69. The Morgan fingerprint density at radius 3 is 2.79 bits per heavy atom. The van der Waals surface area contributed by atoms with Crippen LogP contribution in [0.4, 0.5) is 5.82 Å². The maximum absolute atomic E-state index is 13.2. The van der Waals surface area contributed by atoms with E-state index in [0.29, 0.717) is 23.2 Å². The van der Waals surface area contributed by atoms with E-state index in [2.05, 4.69) is 25.8 Å². The molecule has 3 aromatic heterocycles. The number of ether oxygens (including phenoxy) is 1. The number of methoxy groups -OCH3 is 1. The number of hydrogen-bond donors (Lipinski definition) is 1. The topological polar surface area (TPSA) is 97.5 Å². The average Bonchev–Trinajstić information content (AvgIpc) is 3.39. The highest BCUT2D eigenvalue weighted by atomic mass is 16.5. The van der Waals surface area contributed by atoms with Crippen molar-refractivity contribution in [1.82, 2.24) is 29.9 Å². The van der Waals surface area contributed by atoms with Gasteiger partial charge in [-0.2, -0.15) is 4.52 Å². The van der Waals surface area contributed by atoms with E-state index < -0.39 is 0 Å². The molecule has 3 aromatic rings. The molecule has 0 spiro atoms. The van der Waals surface area contributed by atoms with Gasteiger partial charge in [0.2, 0.25) is 0 Å². The lowest BCUT2D eigenvalue weighted by Gasteiger charge is -2.37. The maximum Gasteiger partial charge on any atom is 0.272 e. The van der Waals surface area contributed by atoms with Gasteiger partial charge in [0.15, 0.2) is 5.65 Å². The number of aromatic nitrogens is 5. The number of nitrogens with one attached hydrogen (secondary N) is 1. The van der Waals surface area contributed by atoms with E-state index in [4.69, 9.17) is 4.74 Å². The van der Waals surface area contributed by atoms with Gasteiger partial charge in [-0.1, -0.05) is 12.1 Å². The molecule has 1 amide bonds. The lowest BCUT2D eigenvalue weighted by Crippen LogP contribution is -2.44.